The average Bonchev–Trinajstić information content (AvgIpc) is 2.96. The van der Waals surface area contributed by atoms with Crippen molar-refractivity contribution >= 4 is 16.7 Å². The molecule has 17 heavy (non-hydrogen) atoms. The van der Waals surface area contributed by atoms with Crippen molar-refractivity contribution in [1.82, 2.24) is 15.3 Å². The van der Waals surface area contributed by atoms with Gasteiger partial charge in [-0.2, -0.15) is 0 Å². The number of aromatic nitrogens is 2. The van der Waals surface area contributed by atoms with Gasteiger partial charge in [-0.25, -0.2) is 4.98 Å². The number of nitro groups is 1. The molecule has 0 bridgehead atoms. The van der Waals surface area contributed by atoms with Crippen molar-refractivity contribution in [3.63, 3.8) is 0 Å². The van der Waals surface area contributed by atoms with Crippen LogP contribution in [0.2, 0.25) is 0 Å². The normalized spacial score (nSPS) is 19.9. The fourth-order valence-corrected chi connectivity index (χ4v) is 2.21. The molecule has 6 nitrogen and oxygen atoms in total. The van der Waals surface area contributed by atoms with Gasteiger partial charge >= 0.3 is 0 Å². The lowest BCUT2D eigenvalue weighted by molar-refractivity contribution is -0.384. The molecular formula is C11H12N4O2. The minimum Gasteiger partial charge on any atom is -0.340 e. The van der Waals surface area contributed by atoms with Crippen LogP contribution in [0.5, 0.6) is 0 Å². The Hall–Kier alpha value is -1.95. The number of aromatic amines is 1. The molecule has 2 N–H and O–H groups in total. The standard InChI is InChI=1S/C11H12N4O2/c16-15(17)7-3-4-8-10(6-7)14-11(13-8)9-2-1-5-12-9/h3-4,6,9,12H,1-2,5H2,(H,13,14)/t9-/m1/s1. The van der Waals surface area contributed by atoms with E-state index in [-0.39, 0.29) is 11.7 Å². The predicted molar refractivity (Wildman–Crippen MR) is 62.7 cm³/mol. The Labute approximate surface area is 97.2 Å². The van der Waals surface area contributed by atoms with Gasteiger partial charge in [0.1, 0.15) is 5.82 Å². The Kier molecular flexibility index (Phi) is 2.29. The molecule has 0 aliphatic carbocycles. The summed E-state index contributed by atoms with van der Waals surface area (Å²) in [5.74, 6) is 0.873. The van der Waals surface area contributed by atoms with Gasteiger partial charge in [-0.1, -0.05) is 0 Å². The number of nitro benzene ring substituents is 1. The maximum atomic E-state index is 10.7. The van der Waals surface area contributed by atoms with Crippen LogP contribution in [-0.4, -0.2) is 21.4 Å². The zero-order valence-corrected chi connectivity index (χ0v) is 9.14. The van der Waals surface area contributed by atoms with Gasteiger partial charge in [0.2, 0.25) is 0 Å². The second kappa shape index (κ2) is 3.81. The fourth-order valence-electron chi connectivity index (χ4n) is 2.21. The predicted octanol–water partition coefficient (Wildman–Crippen LogP) is 1.90. The first-order chi connectivity index (χ1) is 8.24. The number of nitrogens with zero attached hydrogens (tertiary/aromatic N) is 2. The summed E-state index contributed by atoms with van der Waals surface area (Å²) in [4.78, 5) is 17.9. The van der Waals surface area contributed by atoms with Crippen LogP contribution in [0, 0.1) is 10.1 Å². The maximum absolute atomic E-state index is 10.7. The van der Waals surface area contributed by atoms with E-state index >= 15 is 0 Å². The van der Waals surface area contributed by atoms with E-state index in [1.54, 1.807) is 6.07 Å². The van der Waals surface area contributed by atoms with Crippen molar-refractivity contribution in [3.05, 3.63) is 34.1 Å². The number of imidazole rings is 1. The van der Waals surface area contributed by atoms with Crippen molar-refractivity contribution in [2.75, 3.05) is 6.54 Å². The van der Waals surface area contributed by atoms with Gasteiger partial charge in [0, 0.05) is 12.1 Å². The molecule has 3 rings (SSSR count). The summed E-state index contributed by atoms with van der Waals surface area (Å²) < 4.78 is 0. The van der Waals surface area contributed by atoms with Crippen molar-refractivity contribution in [3.8, 4) is 0 Å². The molecule has 2 heterocycles. The van der Waals surface area contributed by atoms with Gasteiger partial charge in [-0.15, -0.1) is 0 Å². The molecule has 0 unspecified atom stereocenters. The molecule has 1 atom stereocenters. The van der Waals surface area contributed by atoms with Gasteiger partial charge < -0.3 is 10.3 Å². The van der Waals surface area contributed by atoms with Crippen LogP contribution < -0.4 is 5.32 Å². The highest BCUT2D eigenvalue weighted by molar-refractivity contribution is 5.77. The highest BCUT2D eigenvalue weighted by atomic mass is 16.6. The molecule has 0 amide bonds. The molecule has 0 saturated carbocycles. The monoisotopic (exact) mass is 232 g/mol. The highest BCUT2D eigenvalue weighted by Crippen LogP contribution is 2.25. The van der Waals surface area contributed by atoms with Gasteiger partial charge in [0.15, 0.2) is 0 Å². The molecule has 1 aromatic carbocycles. The van der Waals surface area contributed by atoms with E-state index in [0.29, 0.717) is 0 Å². The molecule has 0 spiro atoms. The highest BCUT2D eigenvalue weighted by Gasteiger charge is 2.20. The Bertz CT molecular complexity index is 572. The van der Waals surface area contributed by atoms with Crippen LogP contribution in [0.1, 0.15) is 24.7 Å². The largest absolute Gasteiger partial charge is 0.340 e. The van der Waals surface area contributed by atoms with Crippen molar-refractivity contribution in [1.29, 1.82) is 0 Å². The van der Waals surface area contributed by atoms with E-state index in [1.807, 2.05) is 0 Å². The van der Waals surface area contributed by atoms with Gasteiger partial charge in [-0.05, 0) is 25.5 Å². The molecule has 1 aromatic heterocycles. The number of hydrogen-bond acceptors (Lipinski definition) is 4. The smallest absolute Gasteiger partial charge is 0.271 e. The van der Waals surface area contributed by atoms with E-state index in [9.17, 15) is 10.1 Å². The molecule has 6 heteroatoms. The van der Waals surface area contributed by atoms with Crippen molar-refractivity contribution in [2.45, 2.75) is 18.9 Å². The van der Waals surface area contributed by atoms with Crippen LogP contribution in [0.25, 0.3) is 11.0 Å². The summed E-state index contributed by atoms with van der Waals surface area (Å²) in [5.41, 5.74) is 1.59. The minimum absolute atomic E-state index is 0.0899. The number of fused-ring (bicyclic) bond motifs is 1. The molecule has 2 aromatic rings. The van der Waals surface area contributed by atoms with Crippen molar-refractivity contribution in [2.24, 2.45) is 0 Å². The van der Waals surface area contributed by atoms with Gasteiger partial charge in [0.25, 0.3) is 5.69 Å². The molecule has 1 saturated heterocycles. The summed E-state index contributed by atoms with van der Waals surface area (Å²) in [6, 6.07) is 4.94. The zero-order valence-electron chi connectivity index (χ0n) is 9.14. The first-order valence-corrected chi connectivity index (χ1v) is 5.61. The molecular weight excluding hydrogens is 220 g/mol. The van der Waals surface area contributed by atoms with E-state index in [0.717, 1.165) is 36.2 Å². The lowest BCUT2D eigenvalue weighted by Crippen LogP contribution is -2.13. The average molecular weight is 232 g/mol. The Balaban J connectivity index is 2.03. The number of non-ortho nitro benzene ring substituents is 1. The van der Waals surface area contributed by atoms with Gasteiger partial charge in [-0.3, -0.25) is 10.1 Å². The number of H-pyrrole nitrogens is 1. The van der Waals surface area contributed by atoms with Gasteiger partial charge in [0.05, 0.1) is 22.0 Å². The van der Waals surface area contributed by atoms with E-state index < -0.39 is 4.92 Å². The second-order valence-corrected chi connectivity index (χ2v) is 4.23. The number of hydrogen-bond donors (Lipinski definition) is 2. The Morgan fingerprint density at radius 3 is 3.06 bits per heavy atom. The van der Waals surface area contributed by atoms with E-state index in [1.165, 1.54) is 12.1 Å². The summed E-state index contributed by atoms with van der Waals surface area (Å²) in [6.45, 7) is 1.00. The zero-order chi connectivity index (χ0) is 11.8. The number of nitrogens with one attached hydrogen (secondary N) is 2. The minimum atomic E-state index is -0.395. The van der Waals surface area contributed by atoms with Crippen LogP contribution in [0.3, 0.4) is 0 Å². The third-order valence-corrected chi connectivity index (χ3v) is 3.08. The Morgan fingerprint density at radius 1 is 1.47 bits per heavy atom. The topological polar surface area (TPSA) is 83.8 Å². The third-order valence-electron chi connectivity index (χ3n) is 3.08. The van der Waals surface area contributed by atoms with Crippen LogP contribution in [0.15, 0.2) is 18.2 Å². The van der Waals surface area contributed by atoms with Crippen molar-refractivity contribution < 1.29 is 4.92 Å². The lowest BCUT2D eigenvalue weighted by atomic mass is 10.2. The first kappa shape index (κ1) is 10.2. The summed E-state index contributed by atoms with van der Waals surface area (Å²) >= 11 is 0. The van der Waals surface area contributed by atoms with Crippen LogP contribution in [0.4, 0.5) is 5.69 Å². The lowest BCUT2D eigenvalue weighted by Gasteiger charge is -2.04. The number of benzene rings is 1. The molecule has 0 radical (unpaired) electrons. The van der Waals surface area contributed by atoms with E-state index in [4.69, 9.17) is 0 Å². The molecule has 1 fully saturated rings. The molecule has 1 aliphatic rings. The van der Waals surface area contributed by atoms with Crippen LogP contribution >= 0.6 is 0 Å². The SMILES string of the molecule is O=[N+]([O-])c1ccc2nc([C@H]3CCCN3)[nH]c2c1. The second-order valence-electron chi connectivity index (χ2n) is 4.23. The summed E-state index contributed by atoms with van der Waals surface area (Å²) in [5, 5.41) is 14.0. The maximum Gasteiger partial charge on any atom is 0.271 e. The van der Waals surface area contributed by atoms with E-state index in [2.05, 4.69) is 15.3 Å². The quantitative estimate of drug-likeness (QED) is 0.611. The summed E-state index contributed by atoms with van der Waals surface area (Å²) in [7, 11) is 0. The molecule has 88 valence electrons. The fraction of sp³-hybridized carbons (Fsp3) is 0.364. The molecule has 1 aliphatic heterocycles. The number of rotatable bonds is 2. The first-order valence-electron chi connectivity index (χ1n) is 5.61. The Morgan fingerprint density at radius 2 is 2.35 bits per heavy atom. The summed E-state index contributed by atoms with van der Waals surface area (Å²) in [6.07, 6.45) is 2.20. The third kappa shape index (κ3) is 1.76. The van der Waals surface area contributed by atoms with Crippen LogP contribution in [-0.2, 0) is 0 Å².